The molecule has 22 heavy (non-hydrogen) atoms. The summed E-state index contributed by atoms with van der Waals surface area (Å²) in [4.78, 5) is 4.14. The molecule has 2 nitrogen and oxygen atoms in total. The van der Waals surface area contributed by atoms with Gasteiger partial charge >= 0.3 is 6.18 Å². The molecule has 0 aliphatic rings. The minimum atomic E-state index is -4.36. The molecule has 116 valence electrons. The maximum absolute atomic E-state index is 13.0. The zero-order valence-electron chi connectivity index (χ0n) is 11.8. The normalized spacial score (nSPS) is 12.5. The number of hydrogen-bond donors (Lipinski definition) is 1. The summed E-state index contributed by atoms with van der Waals surface area (Å²) in [6.45, 7) is 1.86. The van der Waals surface area contributed by atoms with Crippen LogP contribution in [-0.2, 0) is 12.7 Å². The van der Waals surface area contributed by atoms with Crippen LogP contribution in [0.15, 0.2) is 47.5 Å². The van der Waals surface area contributed by atoms with Gasteiger partial charge in [-0.15, -0.1) is 0 Å². The average molecular weight is 310 g/mol. The largest absolute Gasteiger partial charge is 0.416 e. The van der Waals surface area contributed by atoms with Gasteiger partial charge < -0.3 is 5.73 Å². The molecule has 0 aliphatic heterocycles. The van der Waals surface area contributed by atoms with Crippen LogP contribution in [0.1, 0.15) is 22.3 Å². The Labute approximate surface area is 125 Å². The fourth-order valence-corrected chi connectivity index (χ4v) is 1.98. The summed E-state index contributed by atoms with van der Waals surface area (Å²) in [6.07, 6.45) is -4.36. The number of alkyl halides is 3. The number of halogens is 4. The molecule has 2 aromatic rings. The van der Waals surface area contributed by atoms with Crippen LogP contribution in [0.25, 0.3) is 0 Å². The Morgan fingerprint density at radius 1 is 1.09 bits per heavy atom. The Kier molecular flexibility index (Phi) is 4.49. The molecule has 0 fully saturated rings. The Bertz CT molecular complexity index is 688. The van der Waals surface area contributed by atoms with Crippen molar-refractivity contribution in [3.63, 3.8) is 0 Å². The monoisotopic (exact) mass is 310 g/mol. The van der Waals surface area contributed by atoms with Gasteiger partial charge in [-0.2, -0.15) is 13.2 Å². The molecule has 2 aromatic carbocycles. The van der Waals surface area contributed by atoms with Gasteiger partial charge in [0, 0.05) is 5.56 Å². The van der Waals surface area contributed by atoms with E-state index >= 15 is 0 Å². The topological polar surface area (TPSA) is 38.4 Å². The van der Waals surface area contributed by atoms with Crippen LogP contribution in [-0.4, -0.2) is 5.84 Å². The van der Waals surface area contributed by atoms with Crippen molar-refractivity contribution >= 4 is 5.84 Å². The first-order chi connectivity index (χ1) is 10.3. The Morgan fingerprint density at radius 2 is 1.73 bits per heavy atom. The Hall–Kier alpha value is -2.37. The number of aryl methyl sites for hydroxylation is 1. The molecule has 0 heterocycles. The molecule has 0 amide bonds. The van der Waals surface area contributed by atoms with Gasteiger partial charge in [0.15, 0.2) is 0 Å². The molecular weight excluding hydrogens is 296 g/mol. The smallest absolute Gasteiger partial charge is 0.383 e. The standard InChI is InChI=1S/C16H14F4N2/c1-10-8-13(17)6-7-14(10)15(21)22-9-11-2-4-12(5-3-11)16(18,19)20/h2-8H,9H2,1H3,(H2,21,22). The first-order valence-corrected chi connectivity index (χ1v) is 6.50. The van der Waals surface area contributed by atoms with Crippen LogP contribution in [0.4, 0.5) is 17.6 Å². The Balaban J connectivity index is 2.14. The summed E-state index contributed by atoms with van der Waals surface area (Å²) in [6, 6.07) is 8.87. The molecule has 0 bridgehead atoms. The third-order valence-corrected chi connectivity index (χ3v) is 3.18. The highest BCUT2D eigenvalue weighted by Gasteiger charge is 2.29. The maximum atomic E-state index is 13.0. The van der Waals surface area contributed by atoms with Crippen molar-refractivity contribution in [2.75, 3.05) is 0 Å². The summed E-state index contributed by atoms with van der Waals surface area (Å²) < 4.78 is 50.4. The van der Waals surface area contributed by atoms with Crippen LogP contribution < -0.4 is 5.73 Å². The van der Waals surface area contributed by atoms with Crippen molar-refractivity contribution in [2.24, 2.45) is 10.7 Å². The van der Waals surface area contributed by atoms with Gasteiger partial charge in [0.25, 0.3) is 0 Å². The van der Waals surface area contributed by atoms with Crippen molar-refractivity contribution in [3.8, 4) is 0 Å². The predicted octanol–water partition coefficient (Wildman–Crippen LogP) is 4.06. The van der Waals surface area contributed by atoms with E-state index < -0.39 is 11.7 Å². The van der Waals surface area contributed by atoms with E-state index in [2.05, 4.69) is 4.99 Å². The molecule has 0 aromatic heterocycles. The minimum absolute atomic E-state index is 0.154. The fourth-order valence-electron chi connectivity index (χ4n) is 1.98. The van der Waals surface area contributed by atoms with Gasteiger partial charge in [0.1, 0.15) is 11.7 Å². The molecule has 0 saturated carbocycles. The predicted molar refractivity (Wildman–Crippen MR) is 77.0 cm³/mol. The van der Waals surface area contributed by atoms with Gasteiger partial charge in [-0.1, -0.05) is 12.1 Å². The third-order valence-electron chi connectivity index (χ3n) is 3.18. The first-order valence-electron chi connectivity index (χ1n) is 6.50. The van der Waals surface area contributed by atoms with E-state index in [9.17, 15) is 17.6 Å². The fraction of sp³-hybridized carbons (Fsp3) is 0.188. The van der Waals surface area contributed by atoms with Gasteiger partial charge in [-0.3, -0.25) is 4.99 Å². The summed E-state index contributed by atoms with van der Waals surface area (Å²) in [5, 5.41) is 0. The van der Waals surface area contributed by atoms with E-state index in [4.69, 9.17) is 5.73 Å². The van der Waals surface area contributed by atoms with E-state index in [1.54, 1.807) is 6.92 Å². The number of rotatable bonds is 3. The lowest BCUT2D eigenvalue weighted by Crippen LogP contribution is -2.15. The molecular formula is C16H14F4N2. The van der Waals surface area contributed by atoms with Crippen LogP contribution >= 0.6 is 0 Å². The van der Waals surface area contributed by atoms with Crippen molar-refractivity contribution in [1.82, 2.24) is 0 Å². The second kappa shape index (κ2) is 6.17. The van der Waals surface area contributed by atoms with Crippen molar-refractivity contribution in [3.05, 3.63) is 70.5 Å². The molecule has 0 atom stereocenters. The van der Waals surface area contributed by atoms with E-state index in [1.807, 2.05) is 0 Å². The summed E-state index contributed by atoms with van der Waals surface area (Å²) in [7, 11) is 0. The Morgan fingerprint density at radius 3 is 2.27 bits per heavy atom. The van der Waals surface area contributed by atoms with Crippen molar-refractivity contribution in [1.29, 1.82) is 0 Å². The number of nitrogens with zero attached hydrogens (tertiary/aromatic N) is 1. The highest BCUT2D eigenvalue weighted by molar-refractivity contribution is 5.98. The molecule has 0 aliphatic carbocycles. The SMILES string of the molecule is Cc1cc(F)ccc1C(N)=NCc1ccc(C(F)(F)F)cc1. The number of amidine groups is 1. The first kappa shape index (κ1) is 16.0. The van der Waals surface area contributed by atoms with Gasteiger partial charge in [0.2, 0.25) is 0 Å². The summed E-state index contributed by atoms with van der Waals surface area (Å²) >= 11 is 0. The lowest BCUT2D eigenvalue weighted by Gasteiger charge is -2.08. The molecule has 0 spiro atoms. The highest BCUT2D eigenvalue weighted by Crippen LogP contribution is 2.29. The molecule has 0 unspecified atom stereocenters. The van der Waals surface area contributed by atoms with E-state index in [-0.39, 0.29) is 18.2 Å². The molecule has 2 rings (SSSR count). The summed E-state index contributed by atoms with van der Waals surface area (Å²) in [5.74, 6) is -0.144. The lowest BCUT2D eigenvalue weighted by atomic mass is 10.1. The van der Waals surface area contributed by atoms with Crippen LogP contribution in [0, 0.1) is 12.7 Å². The van der Waals surface area contributed by atoms with Crippen molar-refractivity contribution in [2.45, 2.75) is 19.6 Å². The quantitative estimate of drug-likeness (QED) is 0.518. The summed E-state index contributed by atoms with van der Waals surface area (Å²) in [5.41, 5.74) is 6.99. The number of aliphatic imine (C=N–C) groups is 1. The minimum Gasteiger partial charge on any atom is -0.383 e. The van der Waals surface area contributed by atoms with Crippen LogP contribution in [0.2, 0.25) is 0 Å². The number of nitrogens with two attached hydrogens (primary N) is 1. The number of hydrogen-bond acceptors (Lipinski definition) is 1. The van der Waals surface area contributed by atoms with Crippen LogP contribution in [0.3, 0.4) is 0 Å². The number of benzene rings is 2. The molecule has 6 heteroatoms. The van der Waals surface area contributed by atoms with Crippen molar-refractivity contribution < 1.29 is 17.6 Å². The van der Waals surface area contributed by atoms with E-state index in [1.165, 1.54) is 30.3 Å². The van der Waals surface area contributed by atoms with Gasteiger partial charge in [-0.05, 0) is 48.4 Å². The lowest BCUT2D eigenvalue weighted by molar-refractivity contribution is -0.137. The highest BCUT2D eigenvalue weighted by atomic mass is 19.4. The molecule has 0 saturated heterocycles. The average Bonchev–Trinajstić information content (AvgIpc) is 2.44. The maximum Gasteiger partial charge on any atom is 0.416 e. The zero-order chi connectivity index (χ0) is 16.3. The van der Waals surface area contributed by atoms with Crippen LogP contribution in [0.5, 0.6) is 0 Å². The third kappa shape index (κ3) is 3.84. The van der Waals surface area contributed by atoms with Gasteiger partial charge in [-0.25, -0.2) is 4.39 Å². The molecule has 2 N–H and O–H groups in total. The van der Waals surface area contributed by atoms with E-state index in [0.29, 0.717) is 16.7 Å². The second-order valence-corrected chi connectivity index (χ2v) is 4.86. The van der Waals surface area contributed by atoms with Gasteiger partial charge in [0.05, 0.1) is 12.1 Å². The zero-order valence-corrected chi connectivity index (χ0v) is 11.8. The molecule has 0 radical (unpaired) electrons. The van der Waals surface area contributed by atoms with E-state index in [0.717, 1.165) is 12.1 Å². The second-order valence-electron chi connectivity index (χ2n) is 4.86.